The van der Waals surface area contributed by atoms with Crippen LogP contribution in [0, 0.1) is 5.82 Å². The Morgan fingerprint density at radius 2 is 1.84 bits per heavy atom. The summed E-state index contributed by atoms with van der Waals surface area (Å²) in [6, 6.07) is 12.4. The molecule has 0 bridgehead atoms. The molecule has 43 heavy (non-hydrogen) atoms. The van der Waals surface area contributed by atoms with E-state index >= 15 is 0 Å². The average Bonchev–Trinajstić information content (AvgIpc) is 3.83. The number of nitrogens with one attached hydrogen (secondary N) is 3. The normalized spacial score (nSPS) is 18.2. The fourth-order valence-corrected chi connectivity index (χ4v) is 7.14. The van der Waals surface area contributed by atoms with Gasteiger partial charge in [-0.05, 0) is 62.2 Å². The van der Waals surface area contributed by atoms with Crippen molar-refractivity contribution in [2.75, 3.05) is 61.6 Å². The van der Waals surface area contributed by atoms with Crippen molar-refractivity contribution in [2.24, 2.45) is 0 Å². The quantitative estimate of drug-likeness (QED) is 0.168. The summed E-state index contributed by atoms with van der Waals surface area (Å²) in [6.07, 6.45) is 0.893. The summed E-state index contributed by atoms with van der Waals surface area (Å²) in [6.45, 7) is 3.62. The Labute approximate surface area is 250 Å². The lowest BCUT2D eigenvalue weighted by Gasteiger charge is -2.41. The molecule has 1 saturated heterocycles. The molecule has 1 aliphatic heterocycles. The Morgan fingerprint density at radius 3 is 2.49 bits per heavy atom. The van der Waals surface area contributed by atoms with Gasteiger partial charge in [0.15, 0.2) is 5.82 Å². The second-order valence-corrected chi connectivity index (χ2v) is 12.9. The number of benzene rings is 2. The number of carbonyl (C=O) groups is 1. The first-order chi connectivity index (χ1) is 20.7. The number of hydrogen-bond donors (Lipinski definition) is 7. The van der Waals surface area contributed by atoms with Gasteiger partial charge in [0.2, 0.25) is 0 Å². The van der Waals surface area contributed by atoms with Crippen molar-refractivity contribution in [3.63, 3.8) is 0 Å². The lowest BCUT2D eigenvalue weighted by atomic mass is 10.1. The number of amides is 2. The molecule has 2 heterocycles. The molecule has 12 nitrogen and oxygen atoms in total. The van der Waals surface area contributed by atoms with Gasteiger partial charge in [0.05, 0.1) is 48.7 Å². The molecule has 7 N–H and O–H groups in total. The number of rotatable bonds is 11. The van der Waals surface area contributed by atoms with Crippen LogP contribution in [-0.2, 0) is 9.48 Å². The summed E-state index contributed by atoms with van der Waals surface area (Å²) < 4.78 is 42.7. The van der Waals surface area contributed by atoms with Gasteiger partial charge in [-0.3, -0.25) is 9.11 Å². The molecule has 3 aromatic rings. The van der Waals surface area contributed by atoms with E-state index in [2.05, 4.69) is 20.9 Å². The van der Waals surface area contributed by atoms with Crippen molar-refractivity contribution in [1.29, 1.82) is 0 Å². The molecule has 1 aliphatic carbocycles. The van der Waals surface area contributed by atoms with Crippen molar-refractivity contribution >= 4 is 33.8 Å². The van der Waals surface area contributed by atoms with Gasteiger partial charge in [-0.1, -0.05) is 0 Å². The minimum atomic E-state index is -3.55. The number of aromatic nitrogens is 2. The molecule has 2 fully saturated rings. The van der Waals surface area contributed by atoms with Crippen LogP contribution in [-0.4, -0.2) is 87.4 Å². The Kier molecular flexibility index (Phi) is 9.34. The smallest absolute Gasteiger partial charge is 0.319 e. The van der Waals surface area contributed by atoms with Crippen LogP contribution >= 0.6 is 10.6 Å². The molecule has 0 spiro atoms. The molecule has 0 unspecified atom stereocenters. The maximum Gasteiger partial charge on any atom is 0.319 e. The van der Waals surface area contributed by atoms with E-state index < -0.39 is 27.2 Å². The molecular formula is C29H37FN6O6S. The van der Waals surface area contributed by atoms with Crippen LogP contribution in [0.5, 0.6) is 0 Å². The van der Waals surface area contributed by atoms with Crippen LogP contribution in [0.2, 0.25) is 0 Å². The third-order valence-electron chi connectivity index (χ3n) is 7.59. The van der Waals surface area contributed by atoms with E-state index in [1.54, 1.807) is 30.3 Å². The van der Waals surface area contributed by atoms with Gasteiger partial charge in [0, 0.05) is 37.0 Å². The van der Waals surface area contributed by atoms with Gasteiger partial charge >= 0.3 is 6.03 Å². The third-order valence-corrected chi connectivity index (χ3v) is 10.2. The molecular weight excluding hydrogens is 579 g/mol. The first-order valence-electron chi connectivity index (χ1n) is 14.1. The van der Waals surface area contributed by atoms with Gasteiger partial charge in [-0.2, -0.15) is 10.6 Å². The first kappa shape index (κ1) is 30.9. The molecule has 232 valence electrons. The fourth-order valence-electron chi connectivity index (χ4n) is 5.09. The Hall–Kier alpha value is -3.53. The van der Waals surface area contributed by atoms with Crippen molar-refractivity contribution in [3.05, 3.63) is 60.0 Å². The number of urea groups is 1. The first-order valence-corrected chi connectivity index (χ1v) is 15.7. The topological polar surface area (TPSA) is 172 Å². The lowest BCUT2D eigenvalue weighted by molar-refractivity contribution is 0.0985. The van der Waals surface area contributed by atoms with Crippen molar-refractivity contribution < 1.29 is 33.2 Å². The number of aliphatic hydroxyl groups is 2. The number of anilines is 3. The van der Waals surface area contributed by atoms with Gasteiger partial charge in [-0.15, -0.1) is 0 Å². The number of ether oxygens (including phenoxy) is 1. The monoisotopic (exact) mass is 616 g/mol. The average molecular weight is 617 g/mol. The molecule has 2 aliphatic rings. The summed E-state index contributed by atoms with van der Waals surface area (Å²) in [5.41, 5.74) is 1.81. The highest BCUT2D eigenvalue weighted by molar-refractivity contribution is 8.25. The van der Waals surface area contributed by atoms with Crippen molar-refractivity contribution in [2.45, 2.75) is 35.4 Å². The molecule has 2 aromatic carbocycles. The van der Waals surface area contributed by atoms with Gasteiger partial charge in [0.1, 0.15) is 16.4 Å². The number of carbonyl (C=O) groups excluding carboxylic acids is 1. The summed E-state index contributed by atoms with van der Waals surface area (Å²) in [4.78, 5) is 23.8. The van der Waals surface area contributed by atoms with E-state index in [-0.39, 0.29) is 42.9 Å². The molecule has 2 amide bonds. The van der Waals surface area contributed by atoms with Gasteiger partial charge < -0.3 is 35.8 Å². The Bertz CT molecular complexity index is 1440. The fraction of sp³-hybridized carbons (Fsp3) is 0.414. The Balaban J connectivity index is 1.51. The number of aliphatic hydroxyl groups excluding tert-OH is 2. The van der Waals surface area contributed by atoms with Crippen LogP contribution in [0.15, 0.2) is 53.4 Å². The van der Waals surface area contributed by atoms with Crippen LogP contribution < -0.4 is 20.9 Å². The highest BCUT2D eigenvalue weighted by Gasteiger charge is 2.57. The summed E-state index contributed by atoms with van der Waals surface area (Å²) in [7, 11) is -3.55. The predicted octanol–water partition coefficient (Wildman–Crippen LogP) is 3.82. The zero-order valence-electron chi connectivity index (χ0n) is 23.8. The number of hydrogen-bond acceptors (Lipinski definition) is 10. The van der Waals surface area contributed by atoms with Crippen LogP contribution in [0.1, 0.15) is 25.5 Å². The lowest BCUT2D eigenvalue weighted by Crippen LogP contribution is -2.44. The molecule has 14 heteroatoms. The van der Waals surface area contributed by atoms with Crippen LogP contribution in [0.25, 0.3) is 11.4 Å². The highest BCUT2D eigenvalue weighted by atomic mass is 32.3. The zero-order chi connectivity index (χ0) is 30.6. The largest absolute Gasteiger partial charge is 0.395 e. The van der Waals surface area contributed by atoms with Crippen molar-refractivity contribution in [3.8, 4) is 11.4 Å². The zero-order valence-corrected chi connectivity index (χ0v) is 24.6. The van der Waals surface area contributed by atoms with E-state index in [4.69, 9.17) is 24.9 Å². The highest BCUT2D eigenvalue weighted by Crippen LogP contribution is 2.75. The summed E-state index contributed by atoms with van der Waals surface area (Å²) in [5, 5.41) is 25.9. The van der Waals surface area contributed by atoms with Crippen LogP contribution in [0.4, 0.5) is 26.4 Å². The maximum atomic E-state index is 14.9. The summed E-state index contributed by atoms with van der Waals surface area (Å²) in [5.74, 6) is 0.350. The van der Waals surface area contributed by atoms with Gasteiger partial charge in [0.25, 0.3) is 0 Å². The number of nitrogens with zero attached hydrogens (tertiary/aromatic N) is 3. The van der Waals surface area contributed by atoms with Crippen molar-refractivity contribution in [1.82, 2.24) is 15.3 Å². The molecule has 1 atom stereocenters. The summed E-state index contributed by atoms with van der Waals surface area (Å²) >= 11 is 0. The molecule has 5 rings (SSSR count). The molecule has 1 saturated carbocycles. The van der Waals surface area contributed by atoms with E-state index in [0.29, 0.717) is 61.2 Å². The van der Waals surface area contributed by atoms with Crippen LogP contribution in [0.3, 0.4) is 0 Å². The minimum Gasteiger partial charge on any atom is -0.395 e. The van der Waals surface area contributed by atoms with E-state index in [1.807, 2.05) is 6.92 Å². The SMILES string of the molecule is C[C@H]1COCCN1c1cc(C2(S(O)(O)c3ccc(NCCO)c(F)c3)CC2)nc(-c2ccc(NC(=O)NCCO)cc2)n1. The maximum absolute atomic E-state index is 14.9. The Morgan fingerprint density at radius 1 is 1.09 bits per heavy atom. The molecule has 1 aromatic heterocycles. The van der Waals surface area contributed by atoms with Gasteiger partial charge in [-0.25, -0.2) is 19.2 Å². The third kappa shape index (κ3) is 6.54. The van der Waals surface area contributed by atoms with E-state index in [0.717, 1.165) is 6.07 Å². The standard InChI is InChI=1S/C29H37FN6O6S/c1-19-18-42-15-12-36(19)26-17-25(34-27(35-26)20-2-4-21(5-3-20)33-28(39)32-11-14-38)29(8-9-29)43(40,41)22-6-7-24(23(30)16-22)31-10-13-37/h2-7,16-17,19,31,37-38,40-41H,8-15,18H2,1H3,(H2,32,33,39)/t19-/m0/s1. The number of morpholine rings is 1. The van der Waals surface area contributed by atoms with E-state index in [9.17, 15) is 18.3 Å². The molecule has 0 radical (unpaired) electrons. The second-order valence-electron chi connectivity index (χ2n) is 10.6. The number of halogens is 1. The minimum absolute atomic E-state index is 0.0249. The van der Waals surface area contributed by atoms with E-state index in [1.165, 1.54) is 12.1 Å². The predicted molar refractivity (Wildman–Crippen MR) is 163 cm³/mol. The second kappa shape index (κ2) is 13.0.